The molecule has 5 heteroatoms. The first-order chi connectivity index (χ1) is 6.52. The summed E-state index contributed by atoms with van der Waals surface area (Å²) in [7, 11) is 0. The van der Waals surface area contributed by atoms with E-state index < -0.39 is 12.0 Å². The van der Waals surface area contributed by atoms with Gasteiger partial charge in [-0.3, -0.25) is 9.59 Å². The summed E-state index contributed by atoms with van der Waals surface area (Å²) >= 11 is 0. The van der Waals surface area contributed by atoms with E-state index in [9.17, 15) is 9.59 Å². The van der Waals surface area contributed by atoms with Crippen LogP contribution in [0.3, 0.4) is 0 Å². The van der Waals surface area contributed by atoms with Crippen LogP contribution in [-0.2, 0) is 9.59 Å². The number of carbonyl (C=O) groups excluding carboxylic acids is 1. The maximum absolute atomic E-state index is 11.1. The summed E-state index contributed by atoms with van der Waals surface area (Å²) in [5.41, 5.74) is 5.52. The number of nitrogens with zero attached hydrogens (tertiary/aromatic N) is 1. The van der Waals surface area contributed by atoms with E-state index in [2.05, 4.69) is 0 Å². The molecule has 0 aliphatic carbocycles. The van der Waals surface area contributed by atoms with Crippen LogP contribution >= 0.6 is 0 Å². The Morgan fingerprint density at radius 3 is 2.71 bits per heavy atom. The highest BCUT2D eigenvalue weighted by atomic mass is 16.4. The summed E-state index contributed by atoms with van der Waals surface area (Å²) in [6, 6.07) is -0.850. The van der Waals surface area contributed by atoms with E-state index in [1.54, 1.807) is 4.90 Å². The lowest BCUT2D eigenvalue weighted by Gasteiger charge is -2.33. The Bertz CT molecular complexity index is 230. The van der Waals surface area contributed by atoms with Crippen LogP contribution in [-0.4, -0.2) is 41.0 Å². The van der Waals surface area contributed by atoms with Gasteiger partial charge in [-0.15, -0.1) is 0 Å². The SMILES string of the molecule is CC(=O)N1CCCC(C(N)C(=O)O)C1. The lowest BCUT2D eigenvalue weighted by atomic mass is 9.91. The zero-order valence-electron chi connectivity index (χ0n) is 8.27. The number of hydrogen-bond acceptors (Lipinski definition) is 3. The average molecular weight is 200 g/mol. The predicted octanol–water partition coefficient (Wildman–Crippen LogP) is -0.343. The third-order valence-electron chi connectivity index (χ3n) is 2.70. The van der Waals surface area contributed by atoms with E-state index in [1.807, 2.05) is 0 Å². The molecule has 80 valence electrons. The molecular formula is C9H16N2O3. The van der Waals surface area contributed by atoms with Gasteiger partial charge in [-0.25, -0.2) is 0 Å². The lowest BCUT2D eigenvalue weighted by Crippen LogP contribution is -2.48. The molecule has 1 rings (SSSR count). The van der Waals surface area contributed by atoms with Crippen molar-refractivity contribution in [1.29, 1.82) is 0 Å². The molecule has 14 heavy (non-hydrogen) atoms. The van der Waals surface area contributed by atoms with Crippen LogP contribution in [0.1, 0.15) is 19.8 Å². The predicted molar refractivity (Wildman–Crippen MR) is 50.6 cm³/mol. The first-order valence-electron chi connectivity index (χ1n) is 4.76. The second-order valence-corrected chi connectivity index (χ2v) is 3.73. The van der Waals surface area contributed by atoms with Crippen molar-refractivity contribution in [3.8, 4) is 0 Å². The second kappa shape index (κ2) is 4.41. The Morgan fingerprint density at radius 1 is 1.57 bits per heavy atom. The van der Waals surface area contributed by atoms with E-state index in [0.29, 0.717) is 6.54 Å². The van der Waals surface area contributed by atoms with Gasteiger partial charge in [0.2, 0.25) is 5.91 Å². The van der Waals surface area contributed by atoms with Crippen molar-refractivity contribution in [1.82, 2.24) is 4.90 Å². The van der Waals surface area contributed by atoms with Crippen LogP contribution in [0.4, 0.5) is 0 Å². The van der Waals surface area contributed by atoms with Crippen molar-refractivity contribution in [2.24, 2.45) is 11.7 Å². The number of nitrogens with two attached hydrogens (primary N) is 1. The Morgan fingerprint density at radius 2 is 2.21 bits per heavy atom. The van der Waals surface area contributed by atoms with E-state index in [4.69, 9.17) is 10.8 Å². The minimum Gasteiger partial charge on any atom is -0.480 e. The molecule has 0 aromatic carbocycles. The van der Waals surface area contributed by atoms with Gasteiger partial charge in [0, 0.05) is 25.9 Å². The molecular weight excluding hydrogens is 184 g/mol. The highest BCUT2D eigenvalue weighted by Gasteiger charge is 2.29. The zero-order chi connectivity index (χ0) is 10.7. The Balaban J connectivity index is 2.55. The molecule has 3 N–H and O–H groups in total. The Labute approximate surface area is 82.9 Å². The Kier molecular flexibility index (Phi) is 3.46. The standard InChI is InChI=1S/C9H16N2O3/c1-6(12)11-4-2-3-7(5-11)8(10)9(13)14/h7-8H,2-5,10H2,1H3,(H,13,14). The van der Waals surface area contributed by atoms with Gasteiger partial charge < -0.3 is 15.7 Å². The maximum Gasteiger partial charge on any atom is 0.320 e. The van der Waals surface area contributed by atoms with Crippen molar-refractivity contribution in [2.75, 3.05) is 13.1 Å². The number of rotatable bonds is 2. The van der Waals surface area contributed by atoms with Crippen molar-refractivity contribution in [3.63, 3.8) is 0 Å². The van der Waals surface area contributed by atoms with Gasteiger partial charge in [-0.2, -0.15) is 0 Å². The summed E-state index contributed by atoms with van der Waals surface area (Å²) in [6.45, 7) is 2.69. The number of hydrogen-bond donors (Lipinski definition) is 2. The van der Waals surface area contributed by atoms with Crippen LogP contribution < -0.4 is 5.73 Å². The smallest absolute Gasteiger partial charge is 0.320 e. The highest BCUT2D eigenvalue weighted by Crippen LogP contribution is 2.18. The maximum atomic E-state index is 11.1. The fourth-order valence-electron chi connectivity index (χ4n) is 1.79. The highest BCUT2D eigenvalue weighted by molar-refractivity contribution is 5.75. The van der Waals surface area contributed by atoms with Gasteiger partial charge in [0.15, 0.2) is 0 Å². The molecule has 1 saturated heterocycles. The fourth-order valence-corrected chi connectivity index (χ4v) is 1.79. The monoisotopic (exact) mass is 200 g/mol. The van der Waals surface area contributed by atoms with Gasteiger partial charge in [0.05, 0.1) is 0 Å². The molecule has 1 amide bonds. The number of likely N-dealkylation sites (tertiary alicyclic amines) is 1. The van der Waals surface area contributed by atoms with Gasteiger partial charge in [-0.05, 0) is 12.8 Å². The van der Waals surface area contributed by atoms with E-state index >= 15 is 0 Å². The molecule has 2 unspecified atom stereocenters. The summed E-state index contributed by atoms with van der Waals surface area (Å²) in [5, 5.41) is 8.73. The molecule has 0 saturated carbocycles. The number of piperidine rings is 1. The van der Waals surface area contributed by atoms with Crippen LogP contribution in [0, 0.1) is 5.92 Å². The third-order valence-corrected chi connectivity index (χ3v) is 2.70. The first kappa shape index (κ1) is 11.0. The molecule has 1 fully saturated rings. The summed E-state index contributed by atoms with van der Waals surface area (Å²) in [5.74, 6) is -1.10. The fraction of sp³-hybridized carbons (Fsp3) is 0.778. The molecule has 1 aliphatic heterocycles. The molecule has 5 nitrogen and oxygen atoms in total. The quantitative estimate of drug-likeness (QED) is 0.638. The number of amides is 1. The molecule has 0 aromatic heterocycles. The molecule has 1 heterocycles. The van der Waals surface area contributed by atoms with E-state index in [0.717, 1.165) is 19.4 Å². The van der Waals surface area contributed by atoms with E-state index in [1.165, 1.54) is 6.92 Å². The van der Waals surface area contributed by atoms with Crippen LogP contribution in [0.15, 0.2) is 0 Å². The number of carboxylic acids is 1. The molecule has 0 radical (unpaired) electrons. The zero-order valence-corrected chi connectivity index (χ0v) is 8.27. The van der Waals surface area contributed by atoms with Gasteiger partial charge >= 0.3 is 5.97 Å². The minimum atomic E-state index is -0.986. The number of carbonyl (C=O) groups is 2. The molecule has 0 aromatic rings. The van der Waals surface area contributed by atoms with Gasteiger partial charge in [-0.1, -0.05) is 0 Å². The van der Waals surface area contributed by atoms with Gasteiger partial charge in [0.25, 0.3) is 0 Å². The summed E-state index contributed by atoms with van der Waals surface area (Å²) < 4.78 is 0. The molecule has 2 atom stereocenters. The summed E-state index contributed by atoms with van der Waals surface area (Å²) in [4.78, 5) is 23.4. The summed E-state index contributed by atoms with van der Waals surface area (Å²) in [6.07, 6.45) is 1.63. The number of aliphatic carboxylic acids is 1. The van der Waals surface area contributed by atoms with E-state index in [-0.39, 0.29) is 11.8 Å². The average Bonchev–Trinajstić information content (AvgIpc) is 2.16. The normalized spacial score (nSPS) is 24.4. The molecule has 0 bridgehead atoms. The Hall–Kier alpha value is -1.10. The van der Waals surface area contributed by atoms with Crippen molar-refractivity contribution >= 4 is 11.9 Å². The lowest BCUT2D eigenvalue weighted by molar-refractivity contribution is -0.142. The van der Waals surface area contributed by atoms with Gasteiger partial charge in [0.1, 0.15) is 6.04 Å². The van der Waals surface area contributed by atoms with Crippen LogP contribution in [0.5, 0.6) is 0 Å². The van der Waals surface area contributed by atoms with Crippen LogP contribution in [0.2, 0.25) is 0 Å². The third kappa shape index (κ3) is 2.45. The topological polar surface area (TPSA) is 83.6 Å². The van der Waals surface area contributed by atoms with Crippen molar-refractivity contribution in [3.05, 3.63) is 0 Å². The van der Waals surface area contributed by atoms with Crippen LogP contribution in [0.25, 0.3) is 0 Å². The number of carboxylic acid groups (broad SMARTS) is 1. The van der Waals surface area contributed by atoms with Crippen molar-refractivity contribution in [2.45, 2.75) is 25.8 Å². The first-order valence-corrected chi connectivity index (χ1v) is 4.76. The molecule has 0 spiro atoms. The largest absolute Gasteiger partial charge is 0.480 e. The second-order valence-electron chi connectivity index (χ2n) is 3.73. The minimum absolute atomic E-state index is 0.00714. The van der Waals surface area contributed by atoms with Crippen molar-refractivity contribution < 1.29 is 14.7 Å². The molecule has 1 aliphatic rings.